The zero-order chi connectivity index (χ0) is 14.9. The summed E-state index contributed by atoms with van der Waals surface area (Å²) in [6, 6.07) is 5.07. The highest BCUT2D eigenvalue weighted by atomic mass is 32.2. The van der Waals surface area contributed by atoms with Crippen LogP contribution < -0.4 is 4.72 Å². The lowest BCUT2D eigenvalue weighted by atomic mass is 10.2. The highest BCUT2D eigenvalue weighted by Crippen LogP contribution is 2.25. The standard InChI is InChI=1S/C12H10FNO4S2/c1-7-2-3-8(6-9(7)13)14-20(17,18)10-4-5-19-11(10)12(15)16/h2-6,14H,1H3,(H,15,16). The van der Waals surface area contributed by atoms with Crippen LogP contribution >= 0.6 is 11.3 Å². The van der Waals surface area contributed by atoms with Gasteiger partial charge in [0.05, 0.1) is 5.69 Å². The number of hydrogen-bond acceptors (Lipinski definition) is 4. The minimum atomic E-state index is -4.06. The van der Waals surface area contributed by atoms with Crippen molar-refractivity contribution in [1.82, 2.24) is 0 Å². The fraction of sp³-hybridized carbons (Fsp3) is 0.0833. The number of thiophene rings is 1. The number of aryl methyl sites for hydroxylation is 1. The number of halogens is 1. The topological polar surface area (TPSA) is 83.5 Å². The molecule has 0 aliphatic carbocycles. The molecule has 2 N–H and O–H groups in total. The summed E-state index contributed by atoms with van der Waals surface area (Å²) < 4.78 is 39.7. The van der Waals surface area contributed by atoms with E-state index in [0.29, 0.717) is 5.56 Å². The average molecular weight is 315 g/mol. The van der Waals surface area contributed by atoms with Gasteiger partial charge in [-0.15, -0.1) is 11.3 Å². The predicted octanol–water partition coefficient (Wildman–Crippen LogP) is 2.69. The van der Waals surface area contributed by atoms with Crippen molar-refractivity contribution in [3.63, 3.8) is 0 Å². The molecule has 2 aromatic rings. The van der Waals surface area contributed by atoms with Crippen molar-refractivity contribution in [1.29, 1.82) is 0 Å². The quantitative estimate of drug-likeness (QED) is 0.908. The summed E-state index contributed by atoms with van der Waals surface area (Å²) in [6.45, 7) is 1.55. The largest absolute Gasteiger partial charge is 0.477 e. The Morgan fingerprint density at radius 1 is 1.35 bits per heavy atom. The molecule has 0 atom stereocenters. The van der Waals surface area contributed by atoms with E-state index in [1.807, 2.05) is 0 Å². The predicted molar refractivity (Wildman–Crippen MR) is 73.2 cm³/mol. The zero-order valence-electron chi connectivity index (χ0n) is 10.3. The second-order valence-corrected chi connectivity index (χ2v) is 6.56. The number of carbonyl (C=O) groups is 1. The number of hydrogen-bond donors (Lipinski definition) is 2. The first-order chi connectivity index (χ1) is 9.31. The molecule has 5 nitrogen and oxygen atoms in total. The highest BCUT2D eigenvalue weighted by molar-refractivity contribution is 7.93. The molecule has 106 valence electrons. The highest BCUT2D eigenvalue weighted by Gasteiger charge is 2.24. The van der Waals surface area contributed by atoms with Crippen LogP contribution in [0.25, 0.3) is 0 Å². The Bertz CT molecular complexity index is 768. The molecular weight excluding hydrogens is 305 g/mol. The first-order valence-corrected chi connectivity index (χ1v) is 7.77. The first-order valence-electron chi connectivity index (χ1n) is 5.41. The normalized spacial score (nSPS) is 11.3. The summed E-state index contributed by atoms with van der Waals surface area (Å²) in [7, 11) is -4.06. The number of carboxylic acids is 1. The molecule has 0 spiro atoms. The Balaban J connectivity index is 2.38. The van der Waals surface area contributed by atoms with E-state index in [1.54, 1.807) is 6.92 Å². The van der Waals surface area contributed by atoms with Gasteiger partial charge in [0.1, 0.15) is 15.6 Å². The molecule has 0 aliphatic heterocycles. The van der Waals surface area contributed by atoms with Crippen LogP contribution in [-0.4, -0.2) is 19.5 Å². The molecule has 8 heteroatoms. The van der Waals surface area contributed by atoms with E-state index in [2.05, 4.69) is 4.72 Å². The number of rotatable bonds is 4. The van der Waals surface area contributed by atoms with Gasteiger partial charge in [0.15, 0.2) is 0 Å². The van der Waals surface area contributed by atoms with Gasteiger partial charge in [0.2, 0.25) is 0 Å². The molecule has 0 radical (unpaired) electrons. The van der Waals surface area contributed by atoms with Crippen LogP contribution in [0.15, 0.2) is 34.5 Å². The van der Waals surface area contributed by atoms with Gasteiger partial charge in [0, 0.05) is 0 Å². The number of carboxylic acid groups (broad SMARTS) is 1. The molecule has 0 fully saturated rings. The van der Waals surface area contributed by atoms with Crippen LogP contribution in [0.2, 0.25) is 0 Å². The lowest BCUT2D eigenvalue weighted by Crippen LogP contribution is -2.15. The molecule has 1 aromatic carbocycles. The molecule has 20 heavy (non-hydrogen) atoms. The van der Waals surface area contributed by atoms with Crippen molar-refractivity contribution in [2.75, 3.05) is 4.72 Å². The van der Waals surface area contributed by atoms with Crippen molar-refractivity contribution < 1.29 is 22.7 Å². The van der Waals surface area contributed by atoms with Crippen LogP contribution in [0, 0.1) is 12.7 Å². The van der Waals surface area contributed by atoms with E-state index in [4.69, 9.17) is 5.11 Å². The second-order valence-electron chi connectivity index (χ2n) is 3.99. The van der Waals surface area contributed by atoms with E-state index in [-0.39, 0.29) is 15.5 Å². The summed E-state index contributed by atoms with van der Waals surface area (Å²) in [5.74, 6) is -1.87. The minimum absolute atomic E-state index is 0.0376. The molecule has 0 aliphatic rings. The van der Waals surface area contributed by atoms with Crippen molar-refractivity contribution >= 4 is 33.0 Å². The summed E-state index contributed by atoms with van der Waals surface area (Å²) in [5, 5.41) is 10.3. The van der Waals surface area contributed by atoms with E-state index in [1.165, 1.54) is 23.6 Å². The van der Waals surface area contributed by atoms with Gasteiger partial charge in [-0.2, -0.15) is 0 Å². The fourth-order valence-electron chi connectivity index (χ4n) is 1.53. The van der Waals surface area contributed by atoms with Crippen molar-refractivity contribution in [2.24, 2.45) is 0 Å². The molecule has 1 aromatic heterocycles. The first kappa shape index (κ1) is 14.5. The van der Waals surface area contributed by atoms with Crippen molar-refractivity contribution in [3.05, 3.63) is 45.9 Å². The molecule has 0 bridgehead atoms. The summed E-state index contributed by atoms with van der Waals surface area (Å²) >= 11 is 0.808. The molecule has 0 unspecified atom stereocenters. The number of nitrogens with one attached hydrogen (secondary N) is 1. The number of aromatic carboxylic acids is 1. The van der Waals surface area contributed by atoms with Gasteiger partial charge in [-0.05, 0) is 36.1 Å². The van der Waals surface area contributed by atoms with Gasteiger partial charge in [-0.25, -0.2) is 17.6 Å². The third-order valence-corrected chi connectivity index (χ3v) is 4.99. The van der Waals surface area contributed by atoms with Gasteiger partial charge < -0.3 is 5.11 Å². The number of anilines is 1. The maximum atomic E-state index is 13.4. The zero-order valence-corrected chi connectivity index (χ0v) is 11.9. The third-order valence-electron chi connectivity index (χ3n) is 2.54. The maximum Gasteiger partial charge on any atom is 0.347 e. The molecular formula is C12H10FNO4S2. The van der Waals surface area contributed by atoms with Crippen LogP contribution in [0.5, 0.6) is 0 Å². The Kier molecular flexibility index (Phi) is 3.78. The smallest absolute Gasteiger partial charge is 0.347 e. The van der Waals surface area contributed by atoms with Gasteiger partial charge in [0.25, 0.3) is 10.0 Å². The second kappa shape index (κ2) is 5.22. The minimum Gasteiger partial charge on any atom is -0.477 e. The fourth-order valence-corrected chi connectivity index (χ4v) is 3.84. The summed E-state index contributed by atoms with van der Waals surface area (Å²) in [4.78, 5) is 10.3. The van der Waals surface area contributed by atoms with E-state index < -0.39 is 21.8 Å². The van der Waals surface area contributed by atoms with Crippen molar-refractivity contribution in [3.8, 4) is 0 Å². The molecule has 1 heterocycles. The van der Waals surface area contributed by atoms with E-state index in [0.717, 1.165) is 17.4 Å². The van der Waals surface area contributed by atoms with Crippen LogP contribution in [-0.2, 0) is 10.0 Å². The molecule has 0 saturated heterocycles. The Labute approximate surface area is 118 Å². The van der Waals surface area contributed by atoms with Gasteiger partial charge >= 0.3 is 5.97 Å². The summed E-state index contributed by atoms with van der Waals surface area (Å²) in [6.07, 6.45) is 0. The lowest BCUT2D eigenvalue weighted by Gasteiger charge is -2.08. The van der Waals surface area contributed by atoms with E-state index in [9.17, 15) is 17.6 Å². The number of sulfonamides is 1. The lowest BCUT2D eigenvalue weighted by molar-refractivity contribution is 0.0698. The van der Waals surface area contributed by atoms with E-state index >= 15 is 0 Å². The van der Waals surface area contributed by atoms with Crippen LogP contribution in [0.1, 0.15) is 15.2 Å². The van der Waals surface area contributed by atoms with Gasteiger partial charge in [-0.1, -0.05) is 6.07 Å². The number of benzene rings is 1. The molecule has 0 saturated carbocycles. The molecule has 2 rings (SSSR count). The Hall–Kier alpha value is -1.93. The monoisotopic (exact) mass is 315 g/mol. The van der Waals surface area contributed by atoms with Crippen LogP contribution in [0.3, 0.4) is 0 Å². The third kappa shape index (κ3) is 2.81. The Morgan fingerprint density at radius 2 is 2.05 bits per heavy atom. The van der Waals surface area contributed by atoms with Crippen molar-refractivity contribution in [2.45, 2.75) is 11.8 Å². The Morgan fingerprint density at radius 3 is 2.65 bits per heavy atom. The molecule has 0 amide bonds. The summed E-state index contributed by atoms with van der Waals surface area (Å²) in [5.41, 5.74) is 0.422. The SMILES string of the molecule is Cc1ccc(NS(=O)(=O)c2ccsc2C(=O)O)cc1F. The maximum absolute atomic E-state index is 13.4. The van der Waals surface area contributed by atoms with Gasteiger partial charge in [-0.3, -0.25) is 4.72 Å². The van der Waals surface area contributed by atoms with Crippen LogP contribution in [0.4, 0.5) is 10.1 Å². The average Bonchev–Trinajstić information content (AvgIpc) is 2.83.